The molecule has 1 saturated carbocycles. The summed E-state index contributed by atoms with van der Waals surface area (Å²) in [5.41, 5.74) is 1.73. The molecule has 1 aromatic rings. The van der Waals surface area contributed by atoms with Crippen molar-refractivity contribution in [2.45, 2.75) is 32.6 Å². The summed E-state index contributed by atoms with van der Waals surface area (Å²) >= 11 is 0. The number of benzene rings is 1. The third-order valence-electron chi connectivity index (χ3n) is 4.06. The van der Waals surface area contributed by atoms with Gasteiger partial charge >= 0.3 is 5.97 Å². The van der Waals surface area contributed by atoms with Crippen LogP contribution in [-0.2, 0) is 4.79 Å². The van der Waals surface area contributed by atoms with Crippen LogP contribution in [0.1, 0.15) is 41.6 Å². The number of aryl methyl sites for hydroxylation is 1. The maximum atomic E-state index is 12.0. The zero-order chi connectivity index (χ0) is 14.5. The monoisotopic (exact) mass is 275 g/mol. The maximum Gasteiger partial charge on any atom is 0.306 e. The van der Waals surface area contributed by atoms with Gasteiger partial charge in [0.1, 0.15) is 0 Å². The minimum Gasteiger partial charge on any atom is -0.481 e. The molecule has 0 aromatic heterocycles. The molecule has 1 amide bonds. The molecule has 1 aliphatic carbocycles. The van der Waals surface area contributed by atoms with E-state index < -0.39 is 5.97 Å². The molecule has 2 rings (SSSR count). The van der Waals surface area contributed by atoms with Gasteiger partial charge in [0, 0.05) is 12.1 Å². The Hall–Kier alpha value is -1.84. The molecule has 2 unspecified atom stereocenters. The Kier molecular flexibility index (Phi) is 4.77. The van der Waals surface area contributed by atoms with E-state index in [0.29, 0.717) is 12.1 Å². The van der Waals surface area contributed by atoms with E-state index in [0.717, 1.165) is 31.2 Å². The first-order valence-corrected chi connectivity index (χ1v) is 7.15. The van der Waals surface area contributed by atoms with Crippen molar-refractivity contribution in [2.75, 3.05) is 6.54 Å². The fourth-order valence-electron chi connectivity index (χ4n) is 2.81. The third kappa shape index (κ3) is 3.59. The van der Waals surface area contributed by atoms with Crippen LogP contribution in [0.25, 0.3) is 0 Å². The molecular weight excluding hydrogens is 254 g/mol. The summed E-state index contributed by atoms with van der Waals surface area (Å²) < 4.78 is 0. The smallest absolute Gasteiger partial charge is 0.306 e. The van der Waals surface area contributed by atoms with Crippen molar-refractivity contribution in [3.63, 3.8) is 0 Å². The summed E-state index contributed by atoms with van der Waals surface area (Å²) in [6.07, 6.45) is 3.62. The number of aliphatic carboxylic acids is 1. The van der Waals surface area contributed by atoms with E-state index in [2.05, 4.69) is 5.32 Å². The van der Waals surface area contributed by atoms with Crippen LogP contribution in [0.3, 0.4) is 0 Å². The van der Waals surface area contributed by atoms with Gasteiger partial charge in [-0.15, -0.1) is 0 Å². The standard InChI is InChI=1S/C16H21NO3/c1-11-6-8-12(9-7-11)15(18)17-10-13-4-2-3-5-14(13)16(19)20/h6-9,13-14H,2-5,10H2,1H3,(H,17,18)(H,19,20). The number of amides is 1. The molecule has 20 heavy (non-hydrogen) atoms. The van der Waals surface area contributed by atoms with Crippen molar-refractivity contribution in [3.05, 3.63) is 35.4 Å². The highest BCUT2D eigenvalue weighted by atomic mass is 16.4. The number of hydrogen-bond donors (Lipinski definition) is 2. The van der Waals surface area contributed by atoms with Gasteiger partial charge in [-0.1, -0.05) is 30.5 Å². The Morgan fingerprint density at radius 2 is 1.85 bits per heavy atom. The van der Waals surface area contributed by atoms with Crippen LogP contribution in [0.5, 0.6) is 0 Å². The second-order valence-electron chi connectivity index (χ2n) is 5.57. The Balaban J connectivity index is 1.91. The highest BCUT2D eigenvalue weighted by Gasteiger charge is 2.30. The Labute approximate surface area is 119 Å². The SMILES string of the molecule is Cc1ccc(C(=O)NCC2CCCCC2C(=O)O)cc1. The van der Waals surface area contributed by atoms with Crippen LogP contribution >= 0.6 is 0 Å². The highest BCUT2D eigenvalue weighted by molar-refractivity contribution is 5.94. The number of nitrogens with one attached hydrogen (secondary N) is 1. The molecule has 0 saturated heterocycles. The molecule has 0 spiro atoms. The number of carbonyl (C=O) groups is 2. The summed E-state index contributed by atoms with van der Waals surface area (Å²) in [7, 11) is 0. The summed E-state index contributed by atoms with van der Waals surface area (Å²) in [5, 5.41) is 12.1. The van der Waals surface area contributed by atoms with E-state index >= 15 is 0 Å². The fourth-order valence-corrected chi connectivity index (χ4v) is 2.81. The van der Waals surface area contributed by atoms with Crippen molar-refractivity contribution in [3.8, 4) is 0 Å². The van der Waals surface area contributed by atoms with Gasteiger partial charge < -0.3 is 10.4 Å². The summed E-state index contributed by atoms with van der Waals surface area (Å²) in [6.45, 7) is 2.42. The predicted octanol–water partition coefficient (Wildman–Crippen LogP) is 2.62. The molecule has 1 fully saturated rings. The fraction of sp³-hybridized carbons (Fsp3) is 0.500. The second-order valence-corrected chi connectivity index (χ2v) is 5.57. The number of carboxylic acid groups (broad SMARTS) is 1. The van der Waals surface area contributed by atoms with Gasteiger partial charge in [-0.2, -0.15) is 0 Å². The average molecular weight is 275 g/mol. The van der Waals surface area contributed by atoms with E-state index in [-0.39, 0.29) is 17.7 Å². The number of carboxylic acids is 1. The average Bonchev–Trinajstić information content (AvgIpc) is 2.45. The normalized spacial score (nSPS) is 22.2. The van der Waals surface area contributed by atoms with Gasteiger partial charge in [-0.3, -0.25) is 9.59 Å². The lowest BCUT2D eigenvalue weighted by atomic mass is 9.79. The minimum absolute atomic E-state index is 0.0515. The van der Waals surface area contributed by atoms with Gasteiger partial charge in [-0.05, 0) is 37.8 Å². The lowest BCUT2D eigenvalue weighted by molar-refractivity contribution is -0.144. The molecule has 2 N–H and O–H groups in total. The van der Waals surface area contributed by atoms with Gasteiger partial charge in [0.25, 0.3) is 5.91 Å². The Bertz CT molecular complexity index is 481. The molecule has 1 aromatic carbocycles. The van der Waals surface area contributed by atoms with Gasteiger partial charge in [-0.25, -0.2) is 0 Å². The van der Waals surface area contributed by atoms with Crippen molar-refractivity contribution in [2.24, 2.45) is 11.8 Å². The largest absolute Gasteiger partial charge is 0.481 e. The van der Waals surface area contributed by atoms with Crippen LogP contribution in [0.2, 0.25) is 0 Å². The maximum absolute atomic E-state index is 12.0. The number of hydrogen-bond acceptors (Lipinski definition) is 2. The van der Waals surface area contributed by atoms with Crippen LogP contribution in [-0.4, -0.2) is 23.5 Å². The van der Waals surface area contributed by atoms with Crippen molar-refractivity contribution in [1.29, 1.82) is 0 Å². The molecule has 4 heteroatoms. The first kappa shape index (κ1) is 14.6. The molecular formula is C16H21NO3. The molecule has 4 nitrogen and oxygen atoms in total. The molecule has 2 atom stereocenters. The van der Waals surface area contributed by atoms with Crippen LogP contribution < -0.4 is 5.32 Å². The van der Waals surface area contributed by atoms with Gasteiger partial charge in [0.15, 0.2) is 0 Å². The third-order valence-corrected chi connectivity index (χ3v) is 4.06. The van der Waals surface area contributed by atoms with Crippen LogP contribution in [0.4, 0.5) is 0 Å². The van der Waals surface area contributed by atoms with E-state index in [9.17, 15) is 14.7 Å². The first-order chi connectivity index (χ1) is 9.58. The van der Waals surface area contributed by atoms with Crippen molar-refractivity contribution >= 4 is 11.9 Å². The summed E-state index contributed by atoms with van der Waals surface area (Å²) in [5.74, 6) is -1.13. The Morgan fingerprint density at radius 1 is 1.20 bits per heavy atom. The highest BCUT2D eigenvalue weighted by Crippen LogP contribution is 2.29. The number of carbonyl (C=O) groups excluding carboxylic acids is 1. The van der Waals surface area contributed by atoms with Crippen molar-refractivity contribution in [1.82, 2.24) is 5.32 Å². The lowest BCUT2D eigenvalue weighted by Gasteiger charge is -2.28. The topological polar surface area (TPSA) is 66.4 Å². The molecule has 0 aliphatic heterocycles. The zero-order valence-electron chi connectivity index (χ0n) is 11.8. The van der Waals surface area contributed by atoms with Crippen LogP contribution in [0.15, 0.2) is 24.3 Å². The second kappa shape index (κ2) is 6.55. The Morgan fingerprint density at radius 3 is 2.50 bits per heavy atom. The van der Waals surface area contributed by atoms with E-state index in [4.69, 9.17) is 0 Å². The van der Waals surface area contributed by atoms with Gasteiger partial charge in [0.05, 0.1) is 5.92 Å². The molecule has 0 bridgehead atoms. The minimum atomic E-state index is -0.737. The first-order valence-electron chi connectivity index (χ1n) is 7.15. The van der Waals surface area contributed by atoms with E-state index in [1.807, 2.05) is 19.1 Å². The number of rotatable bonds is 4. The molecule has 108 valence electrons. The summed E-state index contributed by atoms with van der Waals surface area (Å²) in [6, 6.07) is 7.38. The molecule has 0 heterocycles. The summed E-state index contributed by atoms with van der Waals surface area (Å²) in [4.78, 5) is 23.2. The van der Waals surface area contributed by atoms with Crippen molar-refractivity contribution < 1.29 is 14.7 Å². The predicted molar refractivity (Wildman–Crippen MR) is 76.6 cm³/mol. The van der Waals surface area contributed by atoms with E-state index in [1.54, 1.807) is 12.1 Å². The quantitative estimate of drug-likeness (QED) is 0.887. The van der Waals surface area contributed by atoms with Crippen LogP contribution in [0, 0.1) is 18.8 Å². The van der Waals surface area contributed by atoms with E-state index in [1.165, 1.54) is 0 Å². The lowest BCUT2D eigenvalue weighted by Crippen LogP contribution is -2.37. The molecule has 0 radical (unpaired) electrons. The van der Waals surface area contributed by atoms with Gasteiger partial charge in [0.2, 0.25) is 0 Å². The zero-order valence-corrected chi connectivity index (χ0v) is 11.8. The molecule has 1 aliphatic rings.